The number of carbonyl (C=O) groups is 1. The van der Waals surface area contributed by atoms with Gasteiger partial charge in [-0.2, -0.15) is 0 Å². The van der Waals surface area contributed by atoms with E-state index in [9.17, 15) is 9.90 Å². The number of hydrogen-bond acceptors (Lipinski definition) is 4. The molecule has 0 spiro atoms. The van der Waals surface area contributed by atoms with Crippen LogP contribution in [0, 0.1) is 5.92 Å². The van der Waals surface area contributed by atoms with Crippen molar-refractivity contribution in [2.45, 2.75) is 43.9 Å². The van der Waals surface area contributed by atoms with Crippen LogP contribution in [0.3, 0.4) is 0 Å². The van der Waals surface area contributed by atoms with Gasteiger partial charge in [0.05, 0.1) is 0 Å². The Hall–Kier alpha value is -0.450. The second kappa shape index (κ2) is 1.97. The summed E-state index contributed by atoms with van der Waals surface area (Å²) < 4.78 is 10.9. The van der Waals surface area contributed by atoms with Crippen LogP contribution in [0.5, 0.6) is 0 Å². The van der Waals surface area contributed by atoms with Gasteiger partial charge in [-0.1, -0.05) is 0 Å². The lowest BCUT2D eigenvalue weighted by molar-refractivity contribution is -0.254. The average molecular weight is 184 g/mol. The van der Waals surface area contributed by atoms with Crippen molar-refractivity contribution in [1.29, 1.82) is 0 Å². The fourth-order valence-corrected chi connectivity index (χ4v) is 2.66. The Morgan fingerprint density at radius 2 is 2.31 bits per heavy atom. The first-order valence-corrected chi connectivity index (χ1v) is 4.63. The SMILES string of the molecule is C[C@]12CC(=O)[C@H]3C[C@@H](O1)O[C@]2(O)C3. The van der Waals surface area contributed by atoms with Crippen molar-refractivity contribution < 1.29 is 19.4 Å². The number of aliphatic hydroxyl groups is 1. The molecule has 0 aromatic carbocycles. The zero-order valence-corrected chi connectivity index (χ0v) is 7.45. The molecule has 2 aliphatic heterocycles. The van der Waals surface area contributed by atoms with Crippen LogP contribution in [0.15, 0.2) is 0 Å². The summed E-state index contributed by atoms with van der Waals surface area (Å²) >= 11 is 0. The van der Waals surface area contributed by atoms with E-state index in [0.717, 1.165) is 0 Å². The maximum atomic E-state index is 11.5. The minimum Gasteiger partial charge on any atom is -0.363 e. The molecule has 4 heteroatoms. The van der Waals surface area contributed by atoms with Crippen LogP contribution >= 0.6 is 0 Å². The Balaban J connectivity index is 2.10. The predicted octanol–water partition coefficient (Wildman–Crippen LogP) is 0.189. The van der Waals surface area contributed by atoms with Gasteiger partial charge in [0.15, 0.2) is 12.1 Å². The van der Waals surface area contributed by atoms with Crippen molar-refractivity contribution in [2.75, 3.05) is 0 Å². The van der Waals surface area contributed by atoms with Crippen LogP contribution in [0.25, 0.3) is 0 Å². The molecular formula is C9H12O4. The molecule has 3 aliphatic rings. The van der Waals surface area contributed by atoms with Crippen molar-refractivity contribution in [3.05, 3.63) is 0 Å². The summed E-state index contributed by atoms with van der Waals surface area (Å²) in [5.41, 5.74) is -0.804. The standard InChI is InChI=1S/C9H12O4/c1-8-4-6(10)5-2-7(12-8)13-9(8,11)3-5/h5,7,11H,2-4H2,1H3/t5-,7-,8+,9+/m0/s1. The second-order valence-corrected chi connectivity index (χ2v) is 4.46. The molecule has 0 unspecified atom stereocenters. The van der Waals surface area contributed by atoms with Crippen LogP contribution in [0.4, 0.5) is 0 Å². The van der Waals surface area contributed by atoms with Gasteiger partial charge < -0.3 is 14.6 Å². The zero-order chi connectivity index (χ0) is 9.27. The molecule has 0 aromatic rings. The number of hydrogen-bond donors (Lipinski definition) is 1. The van der Waals surface area contributed by atoms with Gasteiger partial charge in [-0.05, 0) is 6.92 Å². The van der Waals surface area contributed by atoms with Crippen LogP contribution < -0.4 is 0 Å². The lowest BCUT2D eigenvalue weighted by Crippen LogP contribution is -2.57. The summed E-state index contributed by atoms with van der Waals surface area (Å²) in [6, 6.07) is 0. The lowest BCUT2D eigenvalue weighted by Gasteiger charge is -2.42. The Bertz CT molecular complexity index is 289. The maximum Gasteiger partial charge on any atom is 0.198 e. The molecule has 0 amide bonds. The van der Waals surface area contributed by atoms with Crippen molar-refractivity contribution in [3.8, 4) is 0 Å². The quantitative estimate of drug-likeness (QED) is 0.584. The molecule has 4 nitrogen and oxygen atoms in total. The molecule has 3 fully saturated rings. The molecule has 13 heavy (non-hydrogen) atoms. The number of fused-ring (bicyclic) bond motifs is 2. The minimum absolute atomic E-state index is 0.0562. The highest BCUT2D eigenvalue weighted by Crippen LogP contribution is 2.53. The average Bonchev–Trinajstić information content (AvgIpc) is 2.09. The summed E-state index contributed by atoms with van der Waals surface area (Å²) in [5, 5.41) is 10.1. The Morgan fingerprint density at radius 3 is 3.08 bits per heavy atom. The van der Waals surface area contributed by atoms with E-state index in [0.29, 0.717) is 12.8 Å². The number of carbonyl (C=O) groups excluding carboxylic acids is 1. The van der Waals surface area contributed by atoms with E-state index in [4.69, 9.17) is 9.47 Å². The normalized spacial score (nSPS) is 58.8. The molecule has 0 radical (unpaired) electrons. The van der Waals surface area contributed by atoms with Crippen molar-refractivity contribution in [1.82, 2.24) is 0 Å². The number of ketones is 1. The van der Waals surface area contributed by atoms with E-state index in [-0.39, 0.29) is 24.4 Å². The lowest BCUT2D eigenvalue weighted by atomic mass is 9.73. The fraction of sp³-hybridized carbons (Fsp3) is 0.889. The van der Waals surface area contributed by atoms with E-state index < -0.39 is 11.4 Å². The van der Waals surface area contributed by atoms with Gasteiger partial charge in [0.25, 0.3) is 0 Å². The van der Waals surface area contributed by atoms with Crippen molar-refractivity contribution in [2.24, 2.45) is 5.92 Å². The van der Waals surface area contributed by atoms with Gasteiger partial charge in [-0.15, -0.1) is 0 Å². The summed E-state index contributed by atoms with van der Waals surface area (Å²) in [7, 11) is 0. The first kappa shape index (κ1) is 7.91. The van der Waals surface area contributed by atoms with E-state index in [2.05, 4.69) is 0 Å². The molecule has 1 N–H and O–H groups in total. The van der Waals surface area contributed by atoms with Gasteiger partial charge in [-0.25, -0.2) is 0 Å². The molecule has 2 saturated heterocycles. The molecule has 0 aromatic heterocycles. The highest BCUT2D eigenvalue weighted by Gasteiger charge is 2.66. The molecule has 3 rings (SSSR count). The van der Waals surface area contributed by atoms with Gasteiger partial charge >= 0.3 is 0 Å². The molecule has 1 aliphatic carbocycles. The summed E-state index contributed by atoms with van der Waals surface area (Å²) in [6.45, 7) is 1.76. The first-order chi connectivity index (χ1) is 6.02. The second-order valence-electron chi connectivity index (χ2n) is 4.46. The highest BCUT2D eigenvalue weighted by molar-refractivity contribution is 5.84. The number of rotatable bonds is 0. The van der Waals surface area contributed by atoms with Crippen molar-refractivity contribution in [3.63, 3.8) is 0 Å². The van der Waals surface area contributed by atoms with Crippen LogP contribution in [0.2, 0.25) is 0 Å². The number of ether oxygens (including phenoxy) is 2. The number of Topliss-reactive ketones (excluding diaryl/α,β-unsaturated/α-hetero) is 1. The van der Waals surface area contributed by atoms with E-state index in [1.54, 1.807) is 6.92 Å². The zero-order valence-electron chi connectivity index (χ0n) is 7.45. The Morgan fingerprint density at radius 1 is 1.54 bits per heavy atom. The largest absolute Gasteiger partial charge is 0.363 e. The summed E-state index contributed by atoms with van der Waals surface area (Å²) in [5.74, 6) is -1.06. The molecule has 1 saturated carbocycles. The molecule has 3 bridgehead atoms. The van der Waals surface area contributed by atoms with Crippen LogP contribution in [-0.2, 0) is 14.3 Å². The van der Waals surface area contributed by atoms with E-state index in [1.807, 2.05) is 0 Å². The molecular weight excluding hydrogens is 172 g/mol. The van der Waals surface area contributed by atoms with Crippen LogP contribution in [-0.4, -0.2) is 28.6 Å². The Kier molecular flexibility index (Phi) is 1.20. The Labute approximate surface area is 75.8 Å². The van der Waals surface area contributed by atoms with Gasteiger partial charge in [0, 0.05) is 25.2 Å². The van der Waals surface area contributed by atoms with Crippen LogP contribution in [0.1, 0.15) is 26.2 Å². The van der Waals surface area contributed by atoms with Gasteiger partial charge in [-0.3, -0.25) is 4.79 Å². The van der Waals surface area contributed by atoms with Gasteiger partial charge in [0.1, 0.15) is 11.4 Å². The first-order valence-electron chi connectivity index (χ1n) is 4.63. The summed E-state index contributed by atoms with van der Waals surface area (Å²) in [6.07, 6.45) is 0.917. The third-order valence-electron chi connectivity index (χ3n) is 3.51. The summed E-state index contributed by atoms with van der Waals surface area (Å²) in [4.78, 5) is 11.5. The fourth-order valence-electron chi connectivity index (χ4n) is 2.66. The van der Waals surface area contributed by atoms with Gasteiger partial charge in [0.2, 0.25) is 0 Å². The highest BCUT2D eigenvalue weighted by atomic mass is 16.8. The van der Waals surface area contributed by atoms with E-state index >= 15 is 0 Å². The van der Waals surface area contributed by atoms with E-state index in [1.165, 1.54) is 0 Å². The third-order valence-corrected chi connectivity index (χ3v) is 3.51. The molecule has 72 valence electrons. The maximum absolute atomic E-state index is 11.5. The molecule has 2 heterocycles. The third kappa shape index (κ3) is 0.789. The smallest absolute Gasteiger partial charge is 0.198 e. The topological polar surface area (TPSA) is 55.8 Å². The predicted molar refractivity (Wildman–Crippen MR) is 41.7 cm³/mol. The monoisotopic (exact) mass is 184 g/mol. The van der Waals surface area contributed by atoms with Crippen molar-refractivity contribution >= 4 is 5.78 Å². The minimum atomic E-state index is -1.21. The molecule has 4 atom stereocenters.